The van der Waals surface area contributed by atoms with E-state index in [-0.39, 0.29) is 5.97 Å². The number of carbonyl (C=O) groups is 2. The van der Waals surface area contributed by atoms with E-state index in [9.17, 15) is 9.59 Å². The van der Waals surface area contributed by atoms with Crippen molar-refractivity contribution in [2.24, 2.45) is 0 Å². The summed E-state index contributed by atoms with van der Waals surface area (Å²) in [4.78, 5) is 26.5. The molecule has 0 aliphatic rings. The van der Waals surface area contributed by atoms with E-state index in [0.29, 0.717) is 34.3 Å². The van der Waals surface area contributed by atoms with Crippen LogP contribution in [0.4, 0.5) is 21.9 Å². The van der Waals surface area contributed by atoms with E-state index in [1.165, 1.54) is 18.1 Å². The molecule has 300 valence electrons. The summed E-state index contributed by atoms with van der Waals surface area (Å²) in [7, 11) is 1.65. The number of rotatable bonds is 12. The zero-order valence-electron chi connectivity index (χ0n) is 34.4. The van der Waals surface area contributed by atoms with Gasteiger partial charge in [-0.1, -0.05) is 71.8 Å². The van der Waals surface area contributed by atoms with Gasteiger partial charge in [0.2, 0.25) is 0 Å². The molecule has 60 heavy (non-hydrogen) atoms. The van der Waals surface area contributed by atoms with Gasteiger partial charge in [0.15, 0.2) is 0 Å². The van der Waals surface area contributed by atoms with Gasteiger partial charge in [-0.3, -0.25) is 4.79 Å². The highest BCUT2D eigenvalue weighted by Crippen LogP contribution is 2.36. The summed E-state index contributed by atoms with van der Waals surface area (Å²) < 4.78 is 27.8. The Morgan fingerprint density at radius 3 is 1.37 bits per heavy atom. The third-order valence-electron chi connectivity index (χ3n) is 9.79. The summed E-state index contributed by atoms with van der Waals surface area (Å²) in [6, 6.07) is 51.1. The van der Waals surface area contributed by atoms with Crippen LogP contribution >= 0.6 is 0 Å². The first-order valence-corrected chi connectivity index (χ1v) is 19.5. The lowest BCUT2D eigenvalue weighted by molar-refractivity contribution is -0.131. The second-order valence-electron chi connectivity index (χ2n) is 14.4. The molecule has 8 nitrogen and oxygen atoms in total. The van der Waals surface area contributed by atoms with Crippen molar-refractivity contribution >= 4 is 40.8 Å². The number of methoxy groups -OCH3 is 1. The molecule has 0 aliphatic carbocycles. The minimum atomic E-state index is -0.868. The third-order valence-corrected chi connectivity index (χ3v) is 9.79. The van der Waals surface area contributed by atoms with E-state index in [1.807, 2.05) is 50.2 Å². The number of aryl methyl sites for hydroxylation is 4. The number of nitrogens with zero attached hydrogens (tertiary/aromatic N) is 1. The average molecular weight is 796 g/mol. The molecule has 0 radical (unpaired) electrons. The molecule has 0 saturated carbocycles. The van der Waals surface area contributed by atoms with Gasteiger partial charge in [-0.15, -0.1) is 0 Å². The molecule has 7 aromatic rings. The van der Waals surface area contributed by atoms with Gasteiger partial charge in [0.1, 0.15) is 34.5 Å². The second kappa shape index (κ2) is 18.3. The van der Waals surface area contributed by atoms with Crippen LogP contribution < -0.4 is 28.6 Å². The highest BCUT2D eigenvalue weighted by molar-refractivity contribution is 5.92. The number of carbonyl (C=O) groups excluding carboxylic acids is 2. The van der Waals surface area contributed by atoms with Crippen LogP contribution in [0, 0.1) is 27.7 Å². The van der Waals surface area contributed by atoms with Gasteiger partial charge >= 0.3 is 12.1 Å². The van der Waals surface area contributed by atoms with Crippen molar-refractivity contribution in [2.45, 2.75) is 34.6 Å². The van der Waals surface area contributed by atoms with Gasteiger partial charge in [0, 0.05) is 24.0 Å². The number of esters is 1. The first kappa shape index (κ1) is 40.6. The molecular weight excluding hydrogens is 751 g/mol. The predicted molar refractivity (Wildman–Crippen MR) is 237 cm³/mol. The van der Waals surface area contributed by atoms with E-state index < -0.39 is 6.16 Å². The number of ether oxygens (including phenoxy) is 5. The Morgan fingerprint density at radius 1 is 0.483 bits per heavy atom. The number of hydrogen-bond donors (Lipinski definition) is 0. The van der Waals surface area contributed by atoms with Crippen molar-refractivity contribution in [2.75, 3.05) is 12.0 Å². The Kier molecular flexibility index (Phi) is 12.4. The van der Waals surface area contributed by atoms with E-state index in [1.54, 1.807) is 55.6 Å². The van der Waals surface area contributed by atoms with Crippen LogP contribution in [0.3, 0.4) is 0 Å². The molecule has 7 aromatic carbocycles. The smallest absolute Gasteiger partial charge is 0.497 e. The SMILES string of the molecule is COc1ccc(/C(=C\c2ccc(N(c3ccc(C)cc3)c3ccc(C)cc3)cc2)c2ccc(OC(=O)Oc3ccc(Oc4ccc(OC(C)=O)c(C)c4)cc3C)cc2)cc1. The van der Waals surface area contributed by atoms with Crippen LogP contribution in [0.2, 0.25) is 0 Å². The molecule has 0 N–H and O–H groups in total. The largest absolute Gasteiger partial charge is 0.519 e. The Balaban J connectivity index is 1.07. The van der Waals surface area contributed by atoms with E-state index in [4.69, 9.17) is 23.7 Å². The van der Waals surface area contributed by atoms with Crippen molar-refractivity contribution in [1.82, 2.24) is 0 Å². The molecule has 8 heteroatoms. The number of hydrogen-bond acceptors (Lipinski definition) is 8. The fraction of sp³-hybridized carbons (Fsp3) is 0.115. The Morgan fingerprint density at radius 2 is 0.917 bits per heavy atom. The van der Waals surface area contributed by atoms with Crippen LogP contribution in [-0.2, 0) is 4.79 Å². The van der Waals surface area contributed by atoms with Crippen LogP contribution in [0.5, 0.6) is 34.5 Å². The maximum Gasteiger partial charge on any atom is 0.519 e. The minimum absolute atomic E-state index is 0.333. The van der Waals surface area contributed by atoms with Gasteiger partial charge < -0.3 is 28.6 Å². The van der Waals surface area contributed by atoms with Gasteiger partial charge in [-0.2, -0.15) is 0 Å². The molecule has 0 heterocycles. The quantitative estimate of drug-likeness (QED) is 0.0523. The molecule has 0 spiro atoms. The summed E-state index contributed by atoms with van der Waals surface area (Å²) in [5.74, 6) is 2.63. The van der Waals surface area contributed by atoms with E-state index >= 15 is 0 Å². The normalized spacial score (nSPS) is 11.1. The third kappa shape index (κ3) is 10.1. The lowest BCUT2D eigenvalue weighted by Gasteiger charge is -2.26. The second-order valence-corrected chi connectivity index (χ2v) is 14.4. The van der Waals surface area contributed by atoms with Crippen LogP contribution in [-0.4, -0.2) is 19.2 Å². The number of anilines is 3. The van der Waals surface area contributed by atoms with Gasteiger partial charge in [0.25, 0.3) is 0 Å². The maximum absolute atomic E-state index is 12.9. The molecule has 7 rings (SSSR count). The van der Waals surface area contributed by atoms with Crippen molar-refractivity contribution in [1.29, 1.82) is 0 Å². The Bertz CT molecular complexity index is 2590. The van der Waals surface area contributed by atoms with Crippen molar-refractivity contribution in [3.8, 4) is 34.5 Å². The van der Waals surface area contributed by atoms with Gasteiger partial charge in [-0.05, 0) is 164 Å². The molecule has 0 fully saturated rings. The monoisotopic (exact) mass is 795 g/mol. The van der Waals surface area contributed by atoms with Crippen molar-refractivity contribution in [3.05, 3.63) is 197 Å². The molecule has 0 saturated heterocycles. The number of benzene rings is 7. The minimum Gasteiger partial charge on any atom is -0.497 e. The summed E-state index contributed by atoms with van der Waals surface area (Å²) in [6.07, 6.45) is 1.28. The van der Waals surface area contributed by atoms with Gasteiger partial charge in [-0.25, -0.2) is 4.79 Å². The molecule has 0 atom stereocenters. The zero-order valence-corrected chi connectivity index (χ0v) is 34.4. The summed E-state index contributed by atoms with van der Waals surface area (Å²) in [5.41, 5.74) is 10.9. The van der Waals surface area contributed by atoms with Crippen molar-refractivity contribution in [3.63, 3.8) is 0 Å². The first-order chi connectivity index (χ1) is 29.0. The van der Waals surface area contributed by atoms with Crippen molar-refractivity contribution < 1.29 is 33.3 Å². The molecule has 0 aliphatic heterocycles. The van der Waals surface area contributed by atoms with E-state index in [2.05, 4.69) is 97.6 Å². The Hall–Kier alpha value is -7.58. The average Bonchev–Trinajstić information content (AvgIpc) is 3.24. The van der Waals surface area contributed by atoms with Gasteiger partial charge in [0.05, 0.1) is 7.11 Å². The standard InChI is InChI=1S/C52H45NO7/c1-34-7-17-42(18-8-34)53(43-19-9-35(2)10-20-43)44-21-11-39(12-22-44)33-49(40-13-23-45(56-6)24-14-40)41-15-25-46(26-16-41)59-52(55)60-51-30-28-48(32-37(51)4)58-47-27-29-50(36(3)31-47)57-38(5)54/h7-33H,1-6H3/b49-33+. The van der Waals surface area contributed by atoms with E-state index in [0.717, 1.165) is 50.6 Å². The zero-order chi connectivity index (χ0) is 42.2. The lowest BCUT2D eigenvalue weighted by atomic mass is 9.95. The summed E-state index contributed by atoms with van der Waals surface area (Å²) >= 11 is 0. The summed E-state index contributed by atoms with van der Waals surface area (Å²) in [5, 5.41) is 0. The Labute approximate surface area is 350 Å². The maximum atomic E-state index is 12.9. The topological polar surface area (TPSA) is 83.5 Å². The van der Waals surface area contributed by atoms with Crippen LogP contribution in [0.25, 0.3) is 11.6 Å². The highest BCUT2D eigenvalue weighted by atomic mass is 16.7. The summed E-state index contributed by atoms with van der Waals surface area (Å²) in [6.45, 7) is 9.18. The predicted octanol–water partition coefficient (Wildman–Crippen LogP) is 13.3. The fourth-order valence-corrected chi connectivity index (χ4v) is 6.63. The van der Waals surface area contributed by atoms with Crippen LogP contribution in [0.1, 0.15) is 45.9 Å². The molecule has 0 aromatic heterocycles. The fourth-order valence-electron chi connectivity index (χ4n) is 6.63. The highest BCUT2D eigenvalue weighted by Gasteiger charge is 2.15. The molecule has 0 unspecified atom stereocenters. The molecular formula is C52H45NO7. The molecule has 0 amide bonds. The first-order valence-electron chi connectivity index (χ1n) is 19.5. The van der Waals surface area contributed by atoms with Crippen LogP contribution in [0.15, 0.2) is 158 Å². The molecule has 0 bridgehead atoms. The lowest BCUT2D eigenvalue weighted by Crippen LogP contribution is -2.14.